The Hall–Kier alpha value is -0.870. The summed E-state index contributed by atoms with van der Waals surface area (Å²) in [5.41, 5.74) is 1.09. The number of aromatic nitrogens is 1. The second-order valence-corrected chi connectivity index (χ2v) is 5.66. The monoisotopic (exact) mass is 251 g/mol. The number of hydrogen-bond donors (Lipinski definition) is 1. The molecule has 0 aromatic carbocycles. The topological polar surface area (TPSA) is 41.3 Å². The zero-order valence-corrected chi connectivity index (χ0v) is 11.8. The van der Waals surface area contributed by atoms with E-state index >= 15 is 0 Å². The minimum Gasteiger partial charge on any atom is -0.448 e. The van der Waals surface area contributed by atoms with Gasteiger partial charge in [0.2, 0.25) is 0 Å². The molecular formula is C14H25N3O. The van der Waals surface area contributed by atoms with Gasteiger partial charge in [-0.15, -0.1) is 0 Å². The van der Waals surface area contributed by atoms with Crippen molar-refractivity contribution in [2.75, 3.05) is 19.6 Å². The SMILES string of the molecule is Cc1ocnc1CN1CCCC(CNC(C)C)C1. The minimum atomic E-state index is 0.582. The number of oxazole rings is 1. The van der Waals surface area contributed by atoms with Crippen molar-refractivity contribution in [1.82, 2.24) is 15.2 Å². The first-order valence-electron chi connectivity index (χ1n) is 7.00. The van der Waals surface area contributed by atoms with Crippen LogP contribution in [0.1, 0.15) is 38.1 Å². The molecule has 0 aliphatic carbocycles. The van der Waals surface area contributed by atoms with E-state index in [-0.39, 0.29) is 0 Å². The Kier molecular flexibility index (Phi) is 4.78. The second-order valence-electron chi connectivity index (χ2n) is 5.66. The van der Waals surface area contributed by atoms with E-state index < -0.39 is 0 Å². The molecular weight excluding hydrogens is 226 g/mol. The molecule has 1 N–H and O–H groups in total. The number of rotatable bonds is 5. The van der Waals surface area contributed by atoms with Gasteiger partial charge in [-0.1, -0.05) is 13.8 Å². The van der Waals surface area contributed by atoms with Crippen molar-refractivity contribution in [2.24, 2.45) is 5.92 Å². The van der Waals surface area contributed by atoms with E-state index in [1.54, 1.807) is 6.39 Å². The zero-order chi connectivity index (χ0) is 13.0. The first-order chi connectivity index (χ1) is 8.65. The Morgan fingerprint density at radius 2 is 2.39 bits per heavy atom. The number of aryl methyl sites for hydroxylation is 1. The van der Waals surface area contributed by atoms with Crippen LogP contribution in [0.2, 0.25) is 0 Å². The molecule has 0 bridgehead atoms. The molecule has 0 radical (unpaired) electrons. The number of likely N-dealkylation sites (tertiary alicyclic amines) is 1. The lowest BCUT2D eigenvalue weighted by Crippen LogP contribution is -2.40. The molecule has 0 amide bonds. The Bertz CT molecular complexity index is 362. The van der Waals surface area contributed by atoms with Gasteiger partial charge in [0.25, 0.3) is 0 Å². The maximum Gasteiger partial charge on any atom is 0.181 e. The highest BCUT2D eigenvalue weighted by Gasteiger charge is 2.21. The number of nitrogens with zero attached hydrogens (tertiary/aromatic N) is 2. The normalized spacial score (nSPS) is 21.7. The molecule has 2 heterocycles. The van der Waals surface area contributed by atoms with Crippen LogP contribution in [-0.4, -0.2) is 35.6 Å². The zero-order valence-electron chi connectivity index (χ0n) is 11.8. The standard InChI is InChI=1S/C14H25N3O/c1-11(2)15-7-13-5-4-6-17(8-13)9-14-12(3)18-10-16-14/h10-11,13,15H,4-9H2,1-3H3. The van der Waals surface area contributed by atoms with E-state index in [1.165, 1.54) is 25.9 Å². The number of piperidine rings is 1. The summed E-state index contributed by atoms with van der Waals surface area (Å²) in [6.07, 6.45) is 4.18. The van der Waals surface area contributed by atoms with E-state index in [4.69, 9.17) is 4.42 Å². The molecule has 2 rings (SSSR count). The smallest absolute Gasteiger partial charge is 0.181 e. The molecule has 1 atom stereocenters. The van der Waals surface area contributed by atoms with Crippen LogP contribution in [0.15, 0.2) is 10.8 Å². The number of hydrogen-bond acceptors (Lipinski definition) is 4. The van der Waals surface area contributed by atoms with E-state index in [1.807, 2.05) is 6.92 Å². The van der Waals surface area contributed by atoms with E-state index in [9.17, 15) is 0 Å². The van der Waals surface area contributed by atoms with Crippen LogP contribution in [0.5, 0.6) is 0 Å². The minimum absolute atomic E-state index is 0.582. The molecule has 4 nitrogen and oxygen atoms in total. The first kappa shape index (κ1) is 13.6. The van der Waals surface area contributed by atoms with Crippen LogP contribution >= 0.6 is 0 Å². The average molecular weight is 251 g/mol. The van der Waals surface area contributed by atoms with Crippen LogP contribution in [0.25, 0.3) is 0 Å². The highest BCUT2D eigenvalue weighted by Crippen LogP contribution is 2.18. The lowest BCUT2D eigenvalue weighted by atomic mass is 9.97. The Morgan fingerprint density at radius 3 is 3.06 bits per heavy atom. The van der Waals surface area contributed by atoms with Crippen molar-refractivity contribution in [3.8, 4) is 0 Å². The third-order valence-electron chi connectivity index (χ3n) is 3.64. The van der Waals surface area contributed by atoms with Gasteiger partial charge in [0.05, 0.1) is 5.69 Å². The summed E-state index contributed by atoms with van der Waals surface area (Å²) < 4.78 is 5.26. The largest absolute Gasteiger partial charge is 0.448 e. The average Bonchev–Trinajstić information content (AvgIpc) is 2.73. The van der Waals surface area contributed by atoms with Crippen LogP contribution in [0, 0.1) is 12.8 Å². The van der Waals surface area contributed by atoms with Crippen molar-refractivity contribution in [3.63, 3.8) is 0 Å². The van der Waals surface area contributed by atoms with Gasteiger partial charge in [-0.25, -0.2) is 4.98 Å². The maximum absolute atomic E-state index is 5.26. The molecule has 1 aliphatic heterocycles. The lowest BCUT2D eigenvalue weighted by Gasteiger charge is -2.32. The molecule has 1 aromatic heterocycles. The van der Waals surface area contributed by atoms with E-state index in [0.717, 1.165) is 30.5 Å². The lowest BCUT2D eigenvalue weighted by molar-refractivity contribution is 0.162. The third kappa shape index (κ3) is 3.82. The summed E-state index contributed by atoms with van der Waals surface area (Å²) in [5, 5.41) is 3.55. The van der Waals surface area contributed by atoms with Crippen LogP contribution in [0.4, 0.5) is 0 Å². The quantitative estimate of drug-likeness (QED) is 0.871. The molecule has 102 valence electrons. The molecule has 1 fully saturated rings. The molecule has 0 spiro atoms. The van der Waals surface area contributed by atoms with Crippen molar-refractivity contribution in [3.05, 3.63) is 17.8 Å². The number of nitrogens with one attached hydrogen (secondary N) is 1. The van der Waals surface area contributed by atoms with Crippen LogP contribution in [0.3, 0.4) is 0 Å². The predicted octanol–water partition coefficient (Wildman–Crippen LogP) is 2.19. The van der Waals surface area contributed by atoms with Crippen LogP contribution in [-0.2, 0) is 6.54 Å². The van der Waals surface area contributed by atoms with Gasteiger partial charge in [-0.3, -0.25) is 4.90 Å². The van der Waals surface area contributed by atoms with Crippen LogP contribution < -0.4 is 5.32 Å². The van der Waals surface area contributed by atoms with Gasteiger partial charge in [0, 0.05) is 19.1 Å². The molecule has 1 saturated heterocycles. The van der Waals surface area contributed by atoms with Crippen molar-refractivity contribution >= 4 is 0 Å². The highest BCUT2D eigenvalue weighted by molar-refractivity contribution is 5.04. The van der Waals surface area contributed by atoms with Gasteiger partial charge >= 0.3 is 0 Å². The van der Waals surface area contributed by atoms with Crippen molar-refractivity contribution in [1.29, 1.82) is 0 Å². The molecule has 18 heavy (non-hydrogen) atoms. The molecule has 1 aromatic rings. The fourth-order valence-electron chi connectivity index (χ4n) is 2.56. The Labute approximate surface area is 110 Å². The first-order valence-corrected chi connectivity index (χ1v) is 7.00. The van der Waals surface area contributed by atoms with E-state index in [2.05, 4.69) is 29.0 Å². The summed E-state index contributed by atoms with van der Waals surface area (Å²) in [6.45, 7) is 10.8. The highest BCUT2D eigenvalue weighted by atomic mass is 16.3. The molecule has 4 heteroatoms. The van der Waals surface area contributed by atoms with Gasteiger partial charge in [0.15, 0.2) is 6.39 Å². The fourth-order valence-corrected chi connectivity index (χ4v) is 2.56. The summed E-state index contributed by atoms with van der Waals surface area (Å²) >= 11 is 0. The van der Waals surface area contributed by atoms with Crippen molar-refractivity contribution < 1.29 is 4.42 Å². The van der Waals surface area contributed by atoms with Gasteiger partial charge in [-0.05, 0) is 38.8 Å². The Morgan fingerprint density at radius 1 is 1.56 bits per heavy atom. The third-order valence-corrected chi connectivity index (χ3v) is 3.64. The van der Waals surface area contributed by atoms with E-state index in [0.29, 0.717) is 6.04 Å². The summed E-state index contributed by atoms with van der Waals surface area (Å²) in [5.74, 6) is 1.73. The van der Waals surface area contributed by atoms with Crippen molar-refractivity contribution in [2.45, 2.75) is 46.2 Å². The summed E-state index contributed by atoms with van der Waals surface area (Å²) in [4.78, 5) is 6.79. The molecule has 1 aliphatic rings. The fraction of sp³-hybridized carbons (Fsp3) is 0.786. The maximum atomic E-state index is 5.26. The van der Waals surface area contributed by atoms with Gasteiger partial charge in [-0.2, -0.15) is 0 Å². The summed E-state index contributed by atoms with van der Waals surface area (Å²) in [7, 11) is 0. The van der Waals surface area contributed by atoms with Gasteiger partial charge < -0.3 is 9.73 Å². The second kappa shape index (κ2) is 6.34. The molecule has 0 saturated carbocycles. The van der Waals surface area contributed by atoms with Gasteiger partial charge in [0.1, 0.15) is 5.76 Å². The molecule has 1 unspecified atom stereocenters. The Balaban J connectivity index is 1.81. The predicted molar refractivity (Wildman–Crippen MR) is 72.4 cm³/mol. The summed E-state index contributed by atoms with van der Waals surface area (Å²) in [6, 6.07) is 0.582.